The SMILES string of the molecule is CC(=O)c1ccc(S(=O)(=O)Nc2cn[nH]c2)cc1. The second-order valence-electron chi connectivity index (χ2n) is 3.67. The summed E-state index contributed by atoms with van der Waals surface area (Å²) >= 11 is 0. The van der Waals surface area contributed by atoms with Gasteiger partial charge in [0.15, 0.2) is 5.78 Å². The molecule has 0 aliphatic heterocycles. The van der Waals surface area contributed by atoms with Crippen molar-refractivity contribution in [2.75, 3.05) is 4.72 Å². The molecule has 1 heterocycles. The van der Waals surface area contributed by atoms with Crippen molar-refractivity contribution in [2.24, 2.45) is 0 Å². The van der Waals surface area contributed by atoms with Gasteiger partial charge in [-0.15, -0.1) is 0 Å². The highest BCUT2D eigenvalue weighted by Gasteiger charge is 2.14. The number of carbonyl (C=O) groups is 1. The first-order valence-corrected chi connectivity index (χ1v) is 6.60. The summed E-state index contributed by atoms with van der Waals surface area (Å²) in [6.45, 7) is 1.42. The van der Waals surface area contributed by atoms with Gasteiger partial charge in [-0.2, -0.15) is 5.10 Å². The summed E-state index contributed by atoms with van der Waals surface area (Å²) in [6.07, 6.45) is 2.79. The predicted octanol–water partition coefficient (Wildman–Crippen LogP) is 1.41. The van der Waals surface area contributed by atoms with Gasteiger partial charge < -0.3 is 0 Å². The van der Waals surface area contributed by atoms with Crippen molar-refractivity contribution in [3.8, 4) is 0 Å². The van der Waals surface area contributed by atoms with Gasteiger partial charge in [0.2, 0.25) is 0 Å². The molecule has 2 aromatic rings. The van der Waals surface area contributed by atoms with Crippen LogP contribution in [0.25, 0.3) is 0 Å². The third kappa shape index (κ3) is 2.57. The molecule has 0 atom stereocenters. The van der Waals surface area contributed by atoms with Crippen LogP contribution >= 0.6 is 0 Å². The predicted molar refractivity (Wildman–Crippen MR) is 65.8 cm³/mol. The number of Topliss-reactive ketones (excluding diaryl/α,β-unsaturated/α-hetero) is 1. The van der Waals surface area contributed by atoms with Crippen molar-refractivity contribution in [2.45, 2.75) is 11.8 Å². The van der Waals surface area contributed by atoms with E-state index in [1.807, 2.05) is 0 Å². The number of nitrogens with zero attached hydrogens (tertiary/aromatic N) is 1. The fourth-order valence-corrected chi connectivity index (χ4v) is 2.42. The number of carbonyl (C=O) groups excluding carboxylic acids is 1. The zero-order chi connectivity index (χ0) is 13.2. The number of hydrogen-bond donors (Lipinski definition) is 2. The summed E-state index contributed by atoms with van der Waals surface area (Å²) in [6, 6.07) is 5.73. The molecule has 0 saturated carbocycles. The van der Waals surface area contributed by atoms with Crippen LogP contribution in [0.3, 0.4) is 0 Å². The Bertz CT molecular complexity index is 645. The molecule has 1 aromatic heterocycles. The number of rotatable bonds is 4. The van der Waals surface area contributed by atoms with Crippen LogP contribution in [0.4, 0.5) is 5.69 Å². The number of benzene rings is 1. The molecule has 0 amide bonds. The van der Waals surface area contributed by atoms with E-state index in [4.69, 9.17) is 0 Å². The van der Waals surface area contributed by atoms with E-state index in [1.165, 1.54) is 43.6 Å². The van der Waals surface area contributed by atoms with Crippen LogP contribution in [0.1, 0.15) is 17.3 Å². The Balaban J connectivity index is 2.27. The highest BCUT2D eigenvalue weighted by Crippen LogP contribution is 2.15. The molecule has 0 aliphatic rings. The zero-order valence-electron chi connectivity index (χ0n) is 9.54. The molecule has 0 unspecified atom stereocenters. The summed E-state index contributed by atoms with van der Waals surface area (Å²) in [5.41, 5.74) is 0.822. The number of hydrogen-bond acceptors (Lipinski definition) is 4. The quantitative estimate of drug-likeness (QED) is 0.817. The van der Waals surface area contributed by atoms with Crippen molar-refractivity contribution in [3.63, 3.8) is 0 Å². The normalized spacial score (nSPS) is 11.2. The van der Waals surface area contributed by atoms with E-state index in [0.717, 1.165) is 0 Å². The van der Waals surface area contributed by atoms with Crippen molar-refractivity contribution in [3.05, 3.63) is 42.2 Å². The number of ketones is 1. The van der Waals surface area contributed by atoms with E-state index in [9.17, 15) is 13.2 Å². The third-order valence-electron chi connectivity index (χ3n) is 2.32. The molecule has 1 aromatic carbocycles. The molecule has 0 bridgehead atoms. The lowest BCUT2D eigenvalue weighted by molar-refractivity contribution is 0.101. The first-order chi connectivity index (χ1) is 8.49. The Labute approximate surface area is 104 Å². The molecule has 6 nitrogen and oxygen atoms in total. The topological polar surface area (TPSA) is 91.9 Å². The van der Waals surface area contributed by atoms with Crippen molar-refractivity contribution < 1.29 is 13.2 Å². The van der Waals surface area contributed by atoms with Gasteiger partial charge in [-0.3, -0.25) is 14.6 Å². The average molecular weight is 265 g/mol. The fourth-order valence-electron chi connectivity index (χ4n) is 1.39. The summed E-state index contributed by atoms with van der Waals surface area (Å²) in [4.78, 5) is 11.2. The van der Waals surface area contributed by atoms with Gasteiger partial charge in [0.1, 0.15) is 0 Å². The van der Waals surface area contributed by atoms with E-state index < -0.39 is 10.0 Å². The maximum Gasteiger partial charge on any atom is 0.261 e. The van der Waals surface area contributed by atoms with Crippen LogP contribution in [0.2, 0.25) is 0 Å². The summed E-state index contributed by atoms with van der Waals surface area (Å²) in [5, 5.41) is 6.15. The summed E-state index contributed by atoms with van der Waals surface area (Å²) in [5.74, 6) is -0.109. The molecule has 94 valence electrons. The highest BCUT2D eigenvalue weighted by atomic mass is 32.2. The van der Waals surface area contributed by atoms with Crippen molar-refractivity contribution in [1.82, 2.24) is 10.2 Å². The highest BCUT2D eigenvalue weighted by molar-refractivity contribution is 7.92. The van der Waals surface area contributed by atoms with Gasteiger partial charge in [0, 0.05) is 11.8 Å². The minimum atomic E-state index is -3.65. The molecular formula is C11H11N3O3S. The van der Waals surface area contributed by atoms with Gasteiger partial charge in [-0.1, -0.05) is 12.1 Å². The molecule has 0 radical (unpaired) electrons. The monoisotopic (exact) mass is 265 g/mol. The van der Waals surface area contributed by atoms with Crippen LogP contribution in [-0.4, -0.2) is 24.4 Å². The largest absolute Gasteiger partial charge is 0.295 e. The summed E-state index contributed by atoms with van der Waals surface area (Å²) in [7, 11) is -3.65. The van der Waals surface area contributed by atoms with Crippen LogP contribution < -0.4 is 4.72 Å². The number of aromatic nitrogens is 2. The van der Waals surface area contributed by atoms with E-state index in [1.54, 1.807) is 0 Å². The van der Waals surface area contributed by atoms with Gasteiger partial charge in [0.25, 0.3) is 10.0 Å². The maximum atomic E-state index is 11.9. The van der Waals surface area contributed by atoms with Gasteiger partial charge in [0.05, 0.1) is 16.8 Å². The number of sulfonamides is 1. The number of aromatic amines is 1. The minimum Gasteiger partial charge on any atom is -0.295 e. The van der Waals surface area contributed by atoms with Gasteiger partial charge in [-0.05, 0) is 19.1 Å². The van der Waals surface area contributed by atoms with Gasteiger partial charge in [-0.25, -0.2) is 8.42 Å². The average Bonchev–Trinajstić information content (AvgIpc) is 2.81. The van der Waals surface area contributed by atoms with Gasteiger partial charge >= 0.3 is 0 Å². The van der Waals surface area contributed by atoms with E-state index in [0.29, 0.717) is 11.3 Å². The van der Waals surface area contributed by atoms with Crippen LogP contribution in [0.5, 0.6) is 0 Å². The maximum absolute atomic E-state index is 11.9. The van der Waals surface area contributed by atoms with E-state index in [2.05, 4.69) is 14.9 Å². The molecule has 18 heavy (non-hydrogen) atoms. The first-order valence-electron chi connectivity index (χ1n) is 5.11. The lowest BCUT2D eigenvalue weighted by atomic mass is 10.2. The smallest absolute Gasteiger partial charge is 0.261 e. The lowest BCUT2D eigenvalue weighted by Gasteiger charge is -2.05. The molecule has 2 rings (SSSR count). The molecule has 0 spiro atoms. The Morgan fingerprint density at radius 1 is 1.28 bits per heavy atom. The molecule has 0 aliphatic carbocycles. The molecular weight excluding hydrogens is 254 g/mol. The fraction of sp³-hybridized carbons (Fsp3) is 0.0909. The Morgan fingerprint density at radius 3 is 2.44 bits per heavy atom. The molecule has 0 saturated heterocycles. The zero-order valence-corrected chi connectivity index (χ0v) is 10.4. The Morgan fingerprint density at radius 2 is 1.94 bits per heavy atom. The minimum absolute atomic E-state index is 0.0914. The van der Waals surface area contributed by atoms with Crippen molar-refractivity contribution in [1.29, 1.82) is 0 Å². The standard InChI is InChI=1S/C11H11N3O3S/c1-8(15)9-2-4-11(5-3-9)18(16,17)14-10-6-12-13-7-10/h2-7,14H,1H3,(H,12,13). The molecule has 2 N–H and O–H groups in total. The number of nitrogens with one attached hydrogen (secondary N) is 2. The molecule has 0 fully saturated rings. The van der Waals surface area contributed by atoms with E-state index in [-0.39, 0.29) is 10.7 Å². The second kappa shape index (κ2) is 4.61. The first kappa shape index (κ1) is 12.3. The number of H-pyrrole nitrogens is 1. The Kier molecular flexibility index (Phi) is 3.15. The van der Waals surface area contributed by atoms with Crippen LogP contribution in [-0.2, 0) is 10.0 Å². The van der Waals surface area contributed by atoms with Crippen molar-refractivity contribution >= 4 is 21.5 Å². The summed E-state index contributed by atoms with van der Waals surface area (Å²) < 4.78 is 26.2. The van der Waals surface area contributed by atoms with Crippen LogP contribution in [0, 0.1) is 0 Å². The second-order valence-corrected chi connectivity index (χ2v) is 5.36. The Hall–Kier alpha value is -2.15. The molecule has 7 heteroatoms. The lowest BCUT2D eigenvalue weighted by Crippen LogP contribution is -2.12. The number of anilines is 1. The third-order valence-corrected chi connectivity index (χ3v) is 3.72. The van der Waals surface area contributed by atoms with Crippen LogP contribution in [0.15, 0.2) is 41.6 Å². The van der Waals surface area contributed by atoms with E-state index >= 15 is 0 Å².